The van der Waals surface area contributed by atoms with E-state index in [-0.39, 0.29) is 17.7 Å². The van der Waals surface area contributed by atoms with E-state index in [9.17, 15) is 13.2 Å². The molecule has 0 spiro atoms. The number of sulfonamides is 1. The van der Waals surface area contributed by atoms with Gasteiger partial charge in [0.1, 0.15) is 0 Å². The van der Waals surface area contributed by atoms with Gasteiger partial charge in [0.05, 0.1) is 11.8 Å². The van der Waals surface area contributed by atoms with Gasteiger partial charge in [-0.25, -0.2) is 13.1 Å². The summed E-state index contributed by atoms with van der Waals surface area (Å²) in [5.41, 5.74) is 7.07. The van der Waals surface area contributed by atoms with Gasteiger partial charge >= 0.3 is 0 Å². The zero-order chi connectivity index (χ0) is 15.5. The first-order valence-corrected chi connectivity index (χ1v) is 8.63. The van der Waals surface area contributed by atoms with E-state index < -0.39 is 16.1 Å². The second kappa shape index (κ2) is 6.55. The molecule has 0 bridgehead atoms. The van der Waals surface area contributed by atoms with Crippen LogP contribution in [-0.4, -0.2) is 26.4 Å². The van der Waals surface area contributed by atoms with Crippen molar-refractivity contribution in [3.05, 3.63) is 35.4 Å². The van der Waals surface area contributed by atoms with Crippen LogP contribution in [0.15, 0.2) is 24.3 Å². The average Bonchev–Trinajstić information content (AvgIpc) is 3.21. The average molecular weight is 311 g/mol. The van der Waals surface area contributed by atoms with Gasteiger partial charge in [-0.2, -0.15) is 0 Å². The van der Waals surface area contributed by atoms with Crippen molar-refractivity contribution in [3.63, 3.8) is 0 Å². The summed E-state index contributed by atoms with van der Waals surface area (Å²) in [6, 6.07) is 6.55. The van der Waals surface area contributed by atoms with Crippen LogP contribution in [0.4, 0.5) is 0 Å². The SMILES string of the molecule is CC(NS(=O)(=O)Cc1cccc(CN)c1)C(=O)NC1CC1. The lowest BCUT2D eigenvalue weighted by atomic mass is 10.1. The molecule has 0 aromatic heterocycles. The molecule has 1 aliphatic carbocycles. The van der Waals surface area contributed by atoms with Crippen LogP contribution in [0, 0.1) is 0 Å². The Morgan fingerprint density at radius 2 is 2.05 bits per heavy atom. The van der Waals surface area contributed by atoms with E-state index in [1.54, 1.807) is 25.1 Å². The normalized spacial score (nSPS) is 16.5. The first kappa shape index (κ1) is 15.9. The number of hydrogen-bond acceptors (Lipinski definition) is 4. The van der Waals surface area contributed by atoms with Crippen LogP contribution >= 0.6 is 0 Å². The Balaban J connectivity index is 1.95. The largest absolute Gasteiger partial charge is 0.352 e. The van der Waals surface area contributed by atoms with Gasteiger partial charge in [-0.1, -0.05) is 24.3 Å². The number of nitrogens with two attached hydrogens (primary N) is 1. The Labute approximate surface area is 125 Å². The second-order valence-corrected chi connectivity index (χ2v) is 7.16. The zero-order valence-corrected chi connectivity index (χ0v) is 12.8. The van der Waals surface area contributed by atoms with E-state index in [4.69, 9.17) is 5.73 Å². The molecule has 21 heavy (non-hydrogen) atoms. The Kier molecular flexibility index (Phi) is 4.97. The molecule has 116 valence electrons. The predicted octanol–water partition coefficient (Wildman–Crippen LogP) is 0.232. The van der Waals surface area contributed by atoms with Crippen LogP contribution in [-0.2, 0) is 27.1 Å². The molecule has 0 heterocycles. The lowest BCUT2D eigenvalue weighted by Crippen LogP contribution is -2.45. The van der Waals surface area contributed by atoms with Crippen molar-refractivity contribution in [1.29, 1.82) is 0 Å². The smallest absolute Gasteiger partial charge is 0.238 e. The maximum absolute atomic E-state index is 12.1. The quantitative estimate of drug-likeness (QED) is 0.671. The molecule has 1 aliphatic rings. The van der Waals surface area contributed by atoms with Crippen molar-refractivity contribution in [3.8, 4) is 0 Å². The molecule has 1 unspecified atom stereocenters. The molecular formula is C14H21N3O3S. The van der Waals surface area contributed by atoms with Crippen LogP contribution in [0.3, 0.4) is 0 Å². The minimum atomic E-state index is -3.57. The molecule has 1 aromatic carbocycles. The third kappa shape index (κ3) is 5.11. The molecule has 4 N–H and O–H groups in total. The van der Waals surface area contributed by atoms with Crippen LogP contribution in [0.5, 0.6) is 0 Å². The highest BCUT2D eigenvalue weighted by Crippen LogP contribution is 2.18. The highest BCUT2D eigenvalue weighted by Gasteiger charge is 2.27. The van der Waals surface area contributed by atoms with Crippen molar-refractivity contribution in [1.82, 2.24) is 10.0 Å². The van der Waals surface area contributed by atoms with Crippen LogP contribution in [0.2, 0.25) is 0 Å². The highest BCUT2D eigenvalue weighted by atomic mass is 32.2. The maximum Gasteiger partial charge on any atom is 0.238 e. The molecule has 1 atom stereocenters. The number of carbonyl (C=O) groups is 1. The van der Waals surface area contributed by atoms with Gasteiger partial charge in [0.2, 0.25) is 15.9 Å². The standard InChI is InChI=1S/C14H21N3O3S/c1-10(14(18)16-13-5-6-13)17-21(19,20)9-12-4-2-3-11(7-12)8-15/h2-4,7,10,13,17H,5-6,8-9,15H2,1H3,(H,16,18). The van der Waals surface area contributed by atoms with Crippen LogP contribution in [0.1, 0.15) is 30.9 Å². The van der Waals surface area contributed by atoms with Crippen molar-refractivity contribution in [2.75, 3.05) is 0 Å². The van der Waals surface area contributed by atoms with E-state index in [0.717, 1.165) is 18.4 Å². The topological polar surface area (TPSA) is 101 Å². The fourth-order valence-electron chi connectivity index (χ4n) is 1.98. The molecule has 0 radical (unpaired) electrons. The molecule has 6 nitrogen and oxygen atoms in total. The van der Waals surface area contributed by atoms with Gasteiger partial charge in [-0.3, -0.25) is 4.79 Å². The van der Waals surface area contributed by atoms with E-state index in [1.165, 1.54) is 0 Å². The molecule has 7 heteroatoms. The lowest BCUT2D eigenvalue weighted by Gasteiger charge is -2.14. The third-order valence-electron chi connectivity index (χ3n) is 3.26. The van der Waals surface area contributed by atoms with Gasteiger partial charge in [-0.15, -0.1) is 0 Å². The molecule has 1 aromatic rings. The summed E-state index contributed by atoms with van der Waals surface area (Å²) in [4.78, 5) is 11.8. The summed E-state index contributed by atoms with van der Waals surface area (Å²) < 4.78 is 26.6. The van der Waals surface area contributed by atoms with Crippen molar-refractivity contribution >= 4 is 15.9 Å². The molecule has 0 aliphatic heterocycles. The number of carbonyl (C=O) groups excluding carboxylic acids is 1. The summed E-state index contributed by atoms with van der Waals surface area (Å²) in [5.74, 6) is -0.446. The minimum absolute atomic E-state index is 0.165. The Bertz CT molecular complexity index is 612. The molecule has 1 amide bonds. The Hall–Kier alpha value is -1.44. The third-order valence-corrected chi connectivity index (χ3v) is 4.68. The van der Waals surface area contributed by atoms with Gasteiger partial charge < -0.3 is 11.1 Å². The molecule has 0 saturated heterocycles. The fraction of sp³-hybridized carbons (Fsp3) is 0.500. The first-order chi connectivity index (χ1) is 9.89. The van der Waals surface area contributed by atoms with E-state index in [1.807, 2.05) is 6.07 Å². The second-order valence-electron chi connectivity index (χ2n) is 5.41. The van der Waals surface area contributed by atoms with Crippen molar-refractivity contribution in [2.45, 2.75) is 44.1 Å². The van der Waals surface area contributed by atoms with Gasteiger partial charge in [-0.05, 0) is 30.9 Å². The number of hydrogen-bond donors (Lipinski definition) is 3. The van der Waals surface area contributed by atoms with E-state index in [0.29, 0.717) is 12.1 Å². The number of nitrogens with one attached hydrogen (secondary N) is 2. The van der Waals surface area contributed by atoms with Crippen molar-refractivity contribution < 1.29 is 13.2 Å². The minimum Gasteiger partial charge on any atom is -0.352 e. The molecule has 2 rings (SSSR count). The van der Waals surface area contributed by atoms with Gasteiger partial charge in [0.15, 0.2) is 0 Å². The highest BCUT2D eigenvalue weighted by molar-refractivity contribution is 7.88. The van der Waals surface area contributed by atoms with Crippen molar-refractivity contribution in [2.24, 2.45) is 5.73 Å². The van der Waals surface area contributed by atoms with Crippen LogP contribution < -0.4 is 15.8 Å². The predicted molar refractivity (Wildman–Crippen MR) is 80.7 cm³/mol. The zero-order valence-electron chi connectivity index (χ0n) is 12.0. The monoisotopic (exact) mass is 311 g/mol. The lowest BCUT2D eigenvalue weighted by molar-refractivity contribution is -0.122. The van der Waals surface area contributed by atoms with Crippen LogP contribution in [0.25, 0.3) is 0 Å². The number of benzene rings is 1. The fourth-order valence-corrected chi connectivity index (χ4v) is 3.33. The Morgan fingerprint density at radius 1 is 1.38 bits per heavy atom. The summed E-state index contributed by atoms with van der Waals surface area (Å²) in [6.07, 6.45) is 1.94. The first-order valence-electron chi connectivity index (χ1n) is 6.98. The molecular weight excluding hydrogens is 290 g/mol. The van der Waals surface area contributed by atoms with E-state index in [2.05, 4.69) is 10.0 Å². The summed E-state index contributed by atoms with van der Waals surface area (Å²) in [5, 5.41) is 2.78. The maximum atomic E-state index is 12.1. The number of amides is 1. The van der Waals surface area contributed by atoms with Gasteiger partial charge in [0, 0.05) is 12.6 Å². The molecule has 1 saturated carbocycles. The van der Waals surface area contributed by atoms with E-state index >= 15 is 0 Å². The number of rotatable bonds is 7. The molecule has 1 fully saturated rings. The summed E-state index contributed by atoms with van der Waals surface area (Å²) in [6.45, 7) is 1.91. The summed E-state index contributed by atoms with van der Waals surface area (Å²) in [7, 11) is -3.57. The summed E-state index contributed by atoms with van der Waals surface area (Å²) >= 11 is 0. The Morgan fingerprint density at radius 3 is 2.67 bits per heavy atom. The van der Waals surface area contributed by atoms with Gasteiger partial charge in [0.25, 0.3) is 0 Å².